The molecule has 36 heavy (non-hydrogen) atoms. The van der Waals surface area contributed by atoms with E-state index in [0.29, 0.717) is 6.42 Å². The van der Waals surface area contributed by atoms with E-state index in [9.17, 15) is 13.5 Å². The molecular weight excluding hydrogens is 485 g/mol. The molecule has 1 atom stereocenters. The van der Waals surface area contributed by atoms with Crippen molar-refractivity contribution in [2.75, 3.05) is 12.3 Å². The fourth-order valence-corrected chi connectivity index (χ4v) is 4.45. The van der Waals surface area contributed by atoms with E-state index in [-0.39, 0.29) is 48.1 Å². The van der Waals surface area contributed by atoms with Crippen LogP contribution in [0.15, 0.2) is 29.3 Å². The number of benzene rings is 1. The molecule has 0 spiro atoms. The summed E-state index contributed by atoms with van der Waals surface area (Å²) < 4.78 is 36.3. The van der Waals surface area contributed by atoms with Crippen LogP contribution in [0.2, 0.25) is 0 Å². The molecule has 1 aromatic carbocycles. The van der Waals surface area contributed by atoms with E-state index in [1.807, 2.05) is 0 Å². The average molecular weight is 534 g/mol. The summed E-state index contributed by atoms with van der Waals surface area (Å²) >= 11 is 0. The van der Waals surface area contributed by atoms with Gasteiger partial charge in [-0.05, 0) is 68.5 Å². The molecule has 1 N–H and O–H groups in total. The molecule has 1 rings (SSSR count). The summed E-state index contributed by atoms with van der Waals surface area (Å²) in [7, 11) is -4.05. The van der Waals surface area contributed by atoms with Crippen molar-refractivity contribution in [1.82, 2.24) is 0 Å². The predicted molar refractivity (Wildman–Crippen MR) is 144 cm³/mol. The van der Waals surface area contributed by atoms with Crippen LogP contribution < -0.4 is 39.4 Å². The molecule has 0 heterocycles. The summed E-state index contributed by atoms with van der Waals surface area (Å²) in [5.41, 5.74) is 1.33. The number of ether oxygens (including phenoxy) is 1. The normalized spacial score (nSPS) is 12.8. The Hall–Kier alpha value is -0.600. The van der Waals surface area contributed by atoms with E-state index in [2.05, 4.69) is 43.1 Å². The Morgan fingerprint density at radius 2 is 1.42 bits per heavy atom. The van der Waals surface area contributed by atoms with Gasteiger partial charge in [0.2, 0.25) is 0 Å². The number of nitrogens with zero attached hydrogens (tertiary/aromatic N) is 1. The molecule has 1 aromatic rings. The molecule has 0 amide bonds. The van der Waals surface area contributed by atoms with Gasteiger partial charge in [0.15, 0.2) is 0 Å². The van der Waals surface area contributed by atoms with Crippen LogP contribution in [0.3, 0.4) is 0 Å². The molecule has 6 nitrogen and oxygen atoms in total. The first-order chi connectivity index (χ1) is 16.8. The fourth-order valence-electron chi connectivity index (χ4n) is 4.13. The number of unbranched alkanes of at least 4 members (excludes halogenated alkanes) is 10. The maximum Gasteiger partial charge on any atom is 1.00 e. The minimum atomic E-state index is -4.05. The van der Waals surface area contributed by atoms with Gasteiger partial charge in [0, 0.05) is 0 Å². The minimum absolute atomic E-state index is 0. The Morgan fingerprint density at radius 3 is 1.94 bits per heavy atom. The summed E-state index contributed by atoms with van der Waals surface area (Å²) in [6.45, 7) is 4.25. The van der Waals surface area contributed by atoms with Gasteiger partial charge in [0.05, 0.1) is 18.4 Å². The van der Waals surface area contributed by atoms with Gasteiger partial charge in [-0.15, -0.1) is 0 Å². The molecule has 202 valence electrons. The summed E-state index contributed by atoms with van der Waals surface area (Å²) in [6, 6.07) is 8.51. The molecule has 0 aromatic heterocycles. The fraction of sp³-hybridized carbons (Fsp3) is 0.750. The first-order valence-corrected chi connectivity index (χ1v) is 15.4. The standard InChI is InChI=1S/C28H49NO5S.Na/c1-3-5-6-7-10-13-16-26(34-27-21-19-25(4-2)20-22-27)17-14-11-8-9-12-15-18-28(30)29-23-24-35(31,32)33;/h19-22,26H,3-18,23-24H2,1-2H3,(H,29,30)(H,31,32,33);/q;+1/p-1. The third kappa shape index (κ3) is 20.5. The first kappa shape index (κ1) is 35.4. The molecule has 8 heteroatoms. The second kappa shape index (κ2) is 22.4. The maximum atomic E-state index is 11.6. The van der Waals surface area contributed by atoms with Crippen LogP contribution in [0.4, 0.5) is 0 Å². The van der Waals surface area contributed by atoms with Crippen molar-refractivity contribution < 1.29 is 52.4 Å². The molecule has 0 aliphatic rings. The Morgan fingerprint density at radius 1 is 0.889 bits per heavy atom. The van der Waals surface area contributed by atoms with E-state index in [1.54, 1.807) is 0 Å². The number of aryl methyl sites for hydroxylation is 1. The zero-order valence-electron chi connectivity index (χ0n) is 23.1. The average Bonchev–Trinajstić information content (AvgIpc) is 2.82. The predicted octanol–water partition coefficient (Wildman–Crippen LogP) is 3.52. The second-order valence-corrected chi connectivity index (χ2v) is 11.1. The quantitative estimate of drug-likeness (QED) is 0.0808. The van der Waals surface area contributed by atoms with Crippen LogP contribution in [0.25, 0.3) is 0 Å². The number of hydrogen-bond acceptors (Lipinski definition) is 5. The van der Waals surface area contributed by atoms with Gasteiger partial charge in [0.25, 0.3) is 10.1 Å². The third-order valence-corrected chi connectivity index (χ3v) is 7.02. The number of rotatable bonds is 22. The van der Waals surface area contributed by atoms with Gasteiger partial charge >= 0.3 is 29.6 Å². The Kier molecular flexibility index (Phi) is 22.0. The van der Waals surface area contributed by atoms with Crippen LogP contribution >= 0.6 is 0 Å². The van der Waals surface area contributed by atoms with Crippen LogP contribution in [0.1, 0.15) is 116 Å². The van der Waals surface area contributed by atoms with Crippen molar-refractivity contribution in [2.24, 2.45) is 4.99 Å². The van der Waals surface area contributed by atoms with Crippen molar-refractivity contribution in [1.29, 1.82) is 0 Å². The Balaban J connectivity index is 0.0000122. The molecule has 0 aliphatic heterocycles. The van der Waals surface area contributed by atoms with Crippen molar-refractivity contribution in [3.63, 3.8) is 0 Å². The van der Waals surface area contributed by atoms with Crippen molar-refractivity contribution >= 4 is 16.0 Å². The topological polar surface area (TPSA) is 99.0 Å². The zero-order valence-corrected chi connectivity index (χ0v) is 25.9. The van der Waals surface area contributed by atoms with E-state index in [1.165, 1.54) is 44.1 Å². The van der Waals surface area contributed by atoms with Gasteiger partial charge in [-0.3, -0.25) is 4.55 Å². The van der Waals surface area contributed by atoms with Crippen LogP contribution in [0, 0.1) is 0 Å². The molecule has 0 saturated carbocycles. The van der Waals surface area contributed by atoms with Gasteiger partial charge in [0.1, 0.15) is 5.75 Å². The Bertz CT molecular complexity index is 784. The largest absolute Gasteiger partial charge is 1.00 e. The van der Waals surface area contributed by atoms with Crippen molar-refractivity contribution in [3.05, 3.63) is 29.8 Å². The van der Waals surface area contributed by atoms with Gasteiger partial charge in [-0.1, -0.05) is 83.8 Å². The number of hydrogen-bond donors (Lipinski definition) is 1. The molecule has 0 saturated heterocycles. The van der Waals surface area contributed by atoms with Crippen molar-refractivity contribution in [3.8, 4) is 5.75 Å². The smallest absolute Gasteiger partial charge is 0.862 e. The third-order valence-electron chi connectivity index (χ3n) is 6.32. The molecule has 0 bridgehead atoms. The van der Waals surface area contributed by atoms with Crippen LogP contribution in [0.5, 0.6) is 5.75 Å². The molecular formula is C28H48NNaO5S. The first-order valence-electron chi connectivity index (χ1n) is 13.7. The van der Waals surface area contributed by atoms with E-state index < -0.39 is 15.9 Å². The van der Waals surface area contributed by atoms with Crippen LogP contribution in [-0.2, 0) is 16.5 Å². The molecule has 1 unspecified atom stereocenters. The summed E-state index contributed by atoms with van der Waals surface area (Å²) in [6.07, 6.45) is 17.9. The molecule has 0 radical (unpaired) electrons. The summed E-state index contributed by atoms with van der Waals surface area (Å²) in [5.74, 6) is 0.201. The molecule has 0 aliphatic carbocycles. The van der Waals surface area contributed by atoms with E-state index >= 15 is 0 Å². The SMILES string of the molecule is CCCCCCCCC(CCCCCCCCC([O-])=NCCS(=O)(=O)O)Oc1ccc(CC)cc1.[Na+]. The minimum Gasteiger partial charge on any atom is -0.862 e. The summed E-state index contributed by atoms with van der Waals surface area (Å²) in [5, 5.41) is 11.6. The van der Waals surface area contributed by atoms with E-state index in [4.69, 9.17) is 9.29 Å². The Labute approximate surface area is 242 Å². The van der Waals surface area contributed by atoms with Gasteiger partial charge in [-0.2, -0.15) is 8.42 Å². The van der Waals surface area contributed by atoms with Gasteiger partial charge in [-0.25, -0.2) is 0 Å². The number of aliphatic imine (C=N–C) groups is 1. The summed E-state index contributed by atoms with van der Waals surface area (Å²) in [4.78, 5) is 3.67. The second-order valence-electron chi connectivity index (χ2n) is 9.52. The van der Waals surface area contributed by atoms with Crippen molar-refractivity contribution in [2.45, 2.75) is 123 Å². The van der Waals surface area contributed by atoms with Gasteiger partial charge < -0.3 is 14.8 Å². The molecule has 0 fully saturated rings. The zero-order chi connectivity index (χ0) is 25.8. The van der Waals surface area contributed by atoms with Crippen LogP contribution in [-0.4, -0.2) is 37.3 Å². The van der Waals surface area contributed by atoms with E-state index in [0.717, 1.165) is 63.5 Å². The maximum absolute atomic E-state index is 11.6. The monoisotopic (exact) mass is 533 g/mol.